The Balaban J connectivity index is 1.42. The number of nitrogens with zero attached hydrogens (tertiary/aromatic N) is 5. The minimum Gasteiger partial charge on any atom is -0.370 e. The van der Waals surface area contributed by atoms with Gasteiger partial charge in [0.05, 0.1) is 5.56 Å². The van der Waals surface area contributed by atoms with E-state index in [0.717, 1.165) is 62.6 Å². The number of rotatable bonds is 4. The number of pyridine rings is 2. The molecule has 10 heteroatoms. The predicted octanol–water partition coefficient (Wildman–Crippen LogP) is 5.79. The number of nitrogens with one attached hydrogen (secondary N) is 2. The molecular weight excluding hydrogens is 522 g/mol. The molecule has 5 rings (SSSR count). The van der Waals surface area contributed by atoms with Crippen LogP contribution in [0.2, 0.25) is 0 Å². The molecule has 40 heavy (non-hydrogen) atoms. The van der Waals surface area contributed by atoms with Crippen LogP contribution in [0.3, 0.4) is 0 Å². The van der Waals surface area contributed by atoms with Gasteiger partial charge < -0.3 is 15.1 Å². The molecule has 3 amide bonds. The van der Waals surface area contributed by atoms with Gasteiger partial charge in [0.25, 0.3) is 5.91 Å². The maximum atomic E-state index is 13.5. The monoisotopic (exact) mass is 565 g/mol. The van der Waals surface area contributed by atoms with Crippen molar-refractivity contribution in [3.63, 3.8) is 0 Å². The smallest absolute Gasteiger partial charge is 0.325 e. The van der Waals surface area contributed by atoms with Gasteiger partial charge >= 0.3 is 6.03 Å². The molecule has 4 bridgehead atoms. The Labute approximate surface area is 242 Å². The van der Waals surface area contributed by atoms with E-state index in [2.05, 4.69) is 54.5 Å². The number of hydrogen-bond donors (Lipinski definition) is 2. The molecule has 3 aliphatic heterocycles. The summed E-state index contributed by atoms with van der Waals surface area (Å²) in [6.45, 7) is 14.9. The number of fused-ring (bicyclic) bond motifs is 6. The van der Waals surface area contributed by atoms with Crippen molar-refractivity contribution in [2.45, 2.75) is 77.3 Å². The minimum atomic E-state index is -0.218. The van der Waals surface area contributed by atoms with Crippen molar-refractivity contribution in [2.24, 2.45) is 11.3 Å². The number of carbonyl (C=O) groups excluding carboxylic acids is 2. The van der Waals surface area contributed by atoms with Crippen LogP contribution in [0.1, 0.15) is 77.1 Å². The molecule has 2 aromatic heterocycles. The molecule has 3 aliphatic rings. The molecule has 9 nitrogen and oxygen atoms in total. The third-order valence-electron chi connectivity index (χ3n) is 8.11. The topological polar surface area (TPSA) is 93.7 Å². The van der Waals surface area contributed by atoms with Gasteiger partial charge in [0.1, 0.15) is 22.5 Å². The summed E-state index contributed by atoms with van der Waals surface area (Å²) in [6.07, 6.45) is 5.19. The standard InChI is InChI=1S/C30H43N7O2S/c1-29(2,3)14-8-16-35-17-18-36(28(35)39)24-13-12-22-26(33-24)37-20-21(19-30(37,4)5)9-7-15-31-23-10-6-11-25(32-23)40-34-27(22)38/h6,10-13,21H,7-9,14-20H2,1-5H3,(H,31,32)(H,34,38)/t21-/m0/s1. The van der Waals surface area contributed by atoms with Gasteiger partial charge in [-0.1, -0.05) is 26.8 Å². The molecule has 0 aromatic carbocycles. The largest absolute Gasteiger partial charge is 0.370 e. The molecule has 216 valence electrons. The van der Waals surface area contributed by atoms with E-state index in [-0.39, 0.29) is 22.9 Å². The Morgan fingerprint density at radius 3 is 2.73 bits per heavy atom. The number of amides is 3. The molecule has 0 radical (unpaired) electrons. The lowest BCUT2D eigenvalue weighted by molar-refractivity contribution is 0.0984. The number of hydrogen-bond acceptors (Lipinski definition) is 7. The van der Waals surface area contributed by atoms with Crippen molar-refractivity contribution in [1.82, 2.24) is 19.6 Å². The van der Waals surface area contributed by atoms with E-state index in [1.165, 1.54) is 11.9 Å². The highest BCUT2D eigenvalue weighted by Crippen LogP contribution is 2.40. The maximum absolute atomic E-state index is 13.5. The molecule has 0 saturated carbocycles. The van der Waals surface area contributed by atoms with E-state index < -0.39 is 0 Å². The van der Waals surface area contributed by atoms with Gasteiger partial charge in [-0.15, -0.1) is 0 Å². The highest BCUT2D eigenvalue weighted by molar-refractivity contribution is 7.97. The quantitative estimate of drug-likeness (QED) is 0.453. The molecular formula is C30H43N7O2S. The van der Waals surface area contributed by atoms with Crippen molar-refractivity contribution >= 4 is 41.3 Å². The summed E-state index contributed by atoms with van der Waals surface area (Å²) in [7, 11) is 0. The van der Waals surface area contributed by atoms with Gasteiger partial charge in [0.15, 0.2) is 0 Å². The fourth-order valence-electron chi connectivity index (χ4n) is 6.06. The van der Waals surface area contributed by atoms with Crippen LogP contribution in [0, 0.1) is 11.3 Å². The lowest BCUT2D eigenvalue weighted by atomic mass is 9.90. The number of aromatic nitrogens is 2. The van der Waals surface area contributed by atoms with Crippen molar-refractivity contribution in [1.29, 1.82) is 0 Å². The Kier molecular flexibility index (Phi) is 8.17. The maximum Gasteiger partial charge on any atom is 0.325 e. The second-order valence-corrected chi connectivity index (χ2v) is 13.9. The van der Waals surface area contributed by atoms with Gasteiger partial charge in [0, 0.05) is 50.2 Å². The van der Waals surface area contributed by atoms with E-state index in [0.29, 0.717) is 36.2 Å². The van der Waals surface area contributed by atoms with Gasteiger partial charge in [-0.25, -0.2) is 14.8 Å². The zero-order chi connectivity index (χ0) is 28.5. The van der Waals surface area contributed by atoms with E-state index in [1.54, 1.807) is 4.90 Å². The molecule has 1 atom stereocenters. The molecule has 0 unspecified atom stereocenters. The molecule has 0 aliphatic carbocycles. The van der Waals surface area contributed by atoms with Crippen LogP contribution in [0.25, 0.3) is 0 Å². The van der Waals surface area contributed by atoms with Crippen molar-refractivity contribution in [3.05, 3.63) is 35.9 Å². The average molecular weight is 566 g/mol. The SMILES string of the molecule is CC(C)(C)CCCN1CCN(c2ccc3c(n2)N2C[C@@H](CCCNc4cccc(n4)SNC3=O)CC2(C)C)C1=O. The Hall–Kier alpha value is -3.01. The van der Waals surface area contributed by atoms with Crippen LogP contribution in [-0.2, 0) is 0 Å². The molecule has 2 N–H and O–H groups in total. The molecule has 5 heterocycles. The fourth-order valence-corrected chi connectivity index (χ4v) is 6.66. The summed E-state index contributed by atoms with van der Waals surface area (Å²) in [5.74, 6) is 2.35. The average Bonchev–Trinajstić information content (AvgIpc) is 3.41. The third kappa shape index (κ3) is 6.48. The normalized spacial score (nSPS) is 21.4. The van der Waals surface area contributed by atoms with Gasteiger partial charge in [0.2, 0.25) is 0 Å². The Morgan fingerprint density at radius 1 is 1.10 bits per heavy atom. The number of carbonyl (C=O) groups is 2. The van der Waals surface area contributed by atoms with Crippen molar-refractivity contribution in [3.8, 4) is 0 Å². The van der Waals surface area contributed by atoms with E-state index in [9.17, 15) is 9.59 Å². The van der Waals surface area contributed by atoms with Crippen LogP contribution in [-0.4, -0.2) is 65.1 Å². The predicted molar refractivity (Wildman–Crippen MR) is 162 cm³/mol. The first-order chi connectivity index (χ1) is 19.0. The highest BCUT2D eigenvalue weighted by Gasteiger charge is 2.41. The van der Waals surface area contributed by atoms with Crippen molar-refractivity contribution in [2.75, 3.05) is 47.8 Å². The van der Waals surface area contributed by atoms with Gasteiger partial charge in [-0.05, 0) is 81.5 Å². The van der Waals surface area contributed by atoms with E-state index >= 15 is 0 Å². The number of urea groups is 1. The summed E-state index contributed by atoms with van der Waals surface area (Å²) in [5, 5.41) is 4.14. The molecule has 2 fully saturated rings. The lowest BCUT2D eigenvalue weighted by Gasteiger charge is -2.34. The fraction of sp³-hybridized carbons (Fsp3) is 0.600. The first-order valence-electron chi connectivity index (χ1n) is 14.5. The van der Waals surface area contributed by atoms with Gasteiger partial charge in [-0.2, -0.15) is 0 Å². The van der Waals surface area contributed by atoms with Crippen molar-refractivity contribution < 1.29 is 9.59 Å². The Morgan fingerprint density at radius 2 is 1.93 bits per heavy atom. The minimum absolute atomic E-state index is 0.00415. The summed E-state index contributed by atoms with van der Waals surface area (Å²) in [6, 6.07) is 9.43. The summed E-state index contributed by atoms with van der Waals surface area (Å²) < 4.78 is 2.97. The molecule has 0 spiro atoms. The molecule has 2 aromatic rings. The second-order valence-electron chi connectivity index (χ2n) is 13.1. The summed E-state index contributed by atoms with van der Waals surface area (Å²) >= 11 is 1.20. The van der Waals surface area contributed by atoms with E-state index in [4.69, 9.17) is 4.98 Å². The summed E-state index contributed by atoms with van der Waals surface area (Å²) in [4.78, 5) is 42.6. The van der Waals surface area contributed by atoms with Crippen LogP contribution >= 0.6 is 11.9 Å². The van der Waals surface area contributed by atoms with Gasteiger partial charge in [-0.3, -0.25) is 14.4 Å². The van der Waals surface area contributed by atoms with Crippen LogP contribution < -0.4 is 19.8 Å². The number of anilines is 3. The zero-order valence-corrected chi connectivity index (χ0v) is 25.3. The summed E-state index contributed by atoms with van der Waals surface area (Å²) in [5.41, 5.74) is 0.604. The highest BCUT2D eigenvalue weighted by atomic mass is 32.2. The molecule has 2 saturated heterocycles. The first-order valence-corrected chi connectivity index (χ1v) is 15.4. The van der Waals surface area contributed by atoms with E-state index in [1.807, 2.05) is 35.2 Å². The third-order valence-corrected chi connectivity index (χ3v) is 8.84. The zero-order valence-electron chi connectivity index (χ0n) is 24.5. The second kappa shape index (κ2) is 11.5. The van der Waals surface area contributed by atoms with Crippen LogP contribution in [0.5, 0.6) is 0 Å². The Bertz CT molecular complexity index is 1240. The van der Waals surface area contributed by atoms with Crippen LogP contribution in [0.4, 0.5) is 22.2 Å². The lowest BCUT2D eigenvalue weighted by Crippen LogP contribution is -2.40. The first kappa shape index (κ1) is 28.5. The van der Waals surface area contributed by atoms with Crippen LogP contribution in [0.15, 0.2) is 35.4 Å².